The summed E-state index contributed by atoms with van der Waals surface area (Å²) in [6.07, 6.45) is 3.64. The molecule has 2 aromatic rings. The molecule has 3 heterocycles. The molecule has 0 saturated carbocycles. The van der Waals surface area contributed by atoms with Crippen molar-refractivity contribution in [1.82, 2.24) is 30.4 Å². The van der Waals surface area contributed by atoms with Crippen LogP contribution in [0.25, 0.3) is 0 Å². The standard InChI is InChI=1S/C18H29N7O2/c1-18(2,3)13-8-20-16(27-13)9-21-17(19-4)22-12-6-7-15-23-14(11-26-5)24-25(15)10-12/h8,12H,6-7,9-11H2,1-5H3,(H2,19,21,22). The Kier molecular flexibility index (Phi) is 5.79. The average Bonchev–Trinajstić information content (AvgIpc) is 3.24. The van der Waals surface area contributed by atoms with Gasteiger partial charge in [0.2, 0.25) is 5.89 Å². The Hall–Kier alpha value is -2.42. The predicted octanol–water partition coefficient (Wildman–Crippen LogP) is 1.39. The molecule has 0 aromatic carbocycles. The van der Waals surface area contributed by atoms with E-state index in [0.29, 0.717) is 19.0 Å². The maximum absolute atomic E-state index is 5.81. The van der Waals surface area contributed by atoms with Gasteiger partial charge in [0.15, 0.2) is 11.8 Å². The molecular weight excluding hydrogens is 346 g/mol. The van der Waals surface area contributed by atoms with Crippen molar-refractivity contribution in [3.8, 4) is 0 Å². The summed E-state index contributed by atoms with van der Waals surface area (Å²) in [5.74, 6) is 3.98. The zero-order valence-corrected chi connectivity index (χ0v) is 16.7. The fraction of sp³-hybridized carbons (Fsp3) is 0.667. The monoisotopic (exact) mass is 375 g/mol. The SMILES string of the molecule is CN=C(NCc1ncc(C(C)(C)C)o1)NC1CCc2nc(COC)nn2C1. The second-order valence-electron chi connectivity index (χ2n) is 7.73. The first-order valence-corrected chi connectivity index (χ1v) is 9.23. The van der Waals surface area contributed by atoms with Crippen LogP contribution >= 0.6 is 0 Å². The van der Waals surface area contributed by atoms with E-state index >= 15 is 0 Å². The molecule has 1 unspecified atom stereocenters. The number of guanidine groups is 1. The van der Waals surface area contributed by atoms with E-state index in [4.69, 9.17) is 9.15 Å². The summed E-state index contributed by atoms with van der Waals surface area (Å²) in [7, 11) is 3.41. The normalized spacial score (nSPS) is 17.7. The molecule has 0 aliphatic carbocycles. The van der Waals surface area contributed by atoms with E-state index in [0.717, 1.165) is 42.8 Å². The molecule has 1 aliphatic heterocycles. The summed E-state index contributed by atoms with van der Waals surface area (Å²) in [4.78, 5) is 13.1. The minimum Gasteiger partial charge on any atom is -0.443 e. The van der Waals surface area contributed by atoms with Crippen LogP contribution < -0.4 is 10.6 Å². The summed E-state index contributed by atoms with van der Waals surface area (Å²) in [5.41, 5.74) is -0.0511. The van der Waals surface area contributed by atoms with Crippen LogP contribution in [0.1, 0.15) is 50.5 Å². The first kappa shape index (κ1) is 19.3. The van der Waals surface area contributed by atoms with Gasteiger partial charge in [-0.15, -0.1) is 0 Å². The van der Waals surface area contributed by atoms with Crippen LogP contribution in [0, 0.1) is 0 Å². The highest BCUT2D eigenvalue weighted by atomic mass is 16.5. The van der Waals surface area contributed by atoms with Gasteiger partial charge in [0.25, 0.3) is 0 Å². The summed E-state index contributed by atoms with van der Waals surface area (Å²) in [6, 6.07) is 0.232. The van der Waals surface area contributed by atoms with Gasteiger partial charge in [0, 0.05) is 32.0 Å². The highest BCUT2D eigenvalue weighted by molar-refractivity contribution is 5.79. The largest absolute Gasteiger partial charge is 0.443 e. The number of aryl methyl sites for hydroxylation is 1. The number of methoxy groups -OCH3 is 1. The Morgan fingerprint density at radius 2 is 2.26 bits per heavy atom. The highest BCUT2D eigenvalue weighted by Crippen LogP contribution is 2.22. The van der Waals surface area contributed by atoms with Crippen molar-refractivity contribution in [3.05, 3.63) is 29.5 Å². The summed E-state index contributed by atoms with van der Waals surface area (Å²) in [6.45, 7) is 7.98. The van der Waals surface area contributed by atoms with Gasteiger partial charge in [-0.25, -0.2) is 14.6 Å². The number of oxazole rings is 1. The summed E-state index contributed by atoms with van der Waals surface area (Å²) in [5, 5.41) is 11.2. The van der Waals surface area contributed by atoms with Crippen LogP contribution in [-0.2, 0) is 36.3 Å². The molecule has 9 nitrogen and oxygen atoms in total. The van der Waals surface area contributed by atoms with Gasteiger partial charge >= 0.3 is 0 Å². The van der Waals surface area contributed by atoms with Crippen LogP contribution in [0.2, 0.25) is 0 Å². The van der Waals surface area contributed by atoms with Crippen molar-refractivity contribution in [2.24, 2.45) is 4.99 Å². The molecule has 0 radical (unpaired) electrons. The fourth-order valence-corrected chi connectivity index (χ4v) is 2.95. The van der Waals surface area contributed by atoms with Gasteiger partial charge in [-0.2, -0.15) is 5.10 Å². The Morgan fingerprint density at radius 3 is 2.93 bits per heavy atom. The van der Waals surface area contributed by atoms with Crippen LogP contribution in [-0.4, -0.2) is 45.9 Å². The number of nitrogens with one attached hydrogen (secondary N) is 2. The average molecular weight is 375 g/mol. The second-order valence-corrected chi connectivity index (χ2v) is 7.73. The Morgan fingerprint density at radius 1 is 1.44 bits per heavy atom. The minimum absolute atomic E-state index is 0.0511. The lowest BCUT2D eigenvalue weighted by Crippen LogP contribution is -2.46. The molecule has 0 bridgehead atoms. The van der Waals surface area contributed by atoms with Crippen molar-refractivity contribution >= 4 is 5.96 Å². The van der Waals surface area contributed by atoms with E-state index < -0.39 is 0 Å². The number of hydrogen-bond acceptors (Lipinski definition) is 6. The zero-order chi connectivity index (χ0) is 19.4. The van der Waals surface area contributed by atoms with E-state index in [2.05, 4.69) is 51.5 Å². The molecule has 3 rings (SSSR count). The highest BCUT2D eigenvalue weighted by Gasteiger charge is 2.23. The molecule has 0 saturated heterocycles. The van der Waals surface area contributed by atoms with Gasteiger partial charge in [0.05, 0.1) is 19.3 Å². The van der Waals surface area contributed by atoms with Gasteiger partial charge in [-0.05, 0) is 6.42 Å². The van der Waals surface area contributed by atoms with Crippen molar-refractivity contribution in [1.29, 1.82) is 0 Å². The Labute approximate surface area is 159 Å². The number of hydrogen-bond donors (Lipinski definition) is 2. The van der Waals surface area contributed by atoms with E-state index in [1.165, 1.54) is 0 Å². The molecule has 148 valence electrons. The molecule has 9 heteroatoms. The molecule has 0 amide bonds. The van der Waals surface area contributed by atoms with Gasteiger partial charge in [0.1, 0.15) is 18.2 Å². The van der Waals surface area contributed by atoms with Crippen LogP contribution in [0.3, 0.4) is 0 Å². The Balaban J connectivity index is 1.54. The van der Waals surface area contributed by atoms with Crippen molar-refractivity contribution < 1.29 is 9.15 Å². The molecule has 2 aromatic heterocycles. The van der Waals surface area contributed by atoms with Crippen LogP contribution in [0.15, 0.2) is 15.6 Å². The molecular formula is C18H29N7O2. The third-order valence-electron chi connectivity index (χ3n) is 4.44. The quantitative estimate of drug-likeness (QED) is 0.601. The van der Waals surface area contributed by atoms with Crippen LogP contribution in [0.4, 0.5) is 0 Å². The lowest BCUT2D eigenvalue weighted by molar-refractivity contribution is 0.177. The first-order valence-electron chi connectivity index (χ1n) is 9.23. The van der Waals surface area contributed by atoms with Gasteiger partial charge < -0.3 is 19.8 Å². The summed E-state index contributed by atoms with van der Waals surface area (Å²) >= 11 is 0. The first-order chi connectivity index (χ1) is 12.9. The predicted molar refractivity (Wildman–Crippen MR) is 101 cm³/mol. The zero-order valence-electron chi connectivity index (χ0n) is 16.7. The summed E-state index contributed by atoms with van der Waals surface area (Å²) < 4.78 is 12.9. The van der Waals surface area contributed by atoms with E-state index in [1.807, 2.05) is 4.68 Å². The molecule has 1 aliphatic rings. The van der Waals surface area contributed by atoms with Gasteiger partial charge in [-0.1, -0.05) is 20.8 Å². The third kappa shape index (κ3) is 4.85. The second kappa shape index (κ2) is 8.08. The number of aromatic nitrogens is 4. The molecule has 0 spiro atoms. The van der Waals surface area contributed by atoms with Gasteiger partial charge in [-0.3, -0.25) is 4.99 Å². The molecule has 2 N–H and O–H groups in total. The lowest BCUT2D eigenvalue weighted by Gasteiger charge is -2.25. The minimum atomic E-state index is -0.0511. The van der Waals surface area contributed by atoms with E-state index in [9.17, 15) is 0 Å². The molecule has 0 fully saturated rings. The maximum atomic E-state index is 5.81. The lowest BCUT2D eigenvalue weighted by atomic mass is 9.94. The number of ether oxygens (including phenoxy) is 1. The smallest absolute Gasteiger partial charge is 0.213 e. The van der Waals surface area contributed by atoms with Crippen LogP contribution in [0.5, 0.6) is 0 Å². The van der Waals surface area contributed by atoms with E-state index in [1.54, 1.807) is 20.4 Å². The van der Waals surface area contributed by atoms with Crippen molar-refractivity contribution in [2.75, 3.05) is 14.2 Å². The molecule has 1 atom stereocenters. The number of rotatable bonds is 5. The topological polar surface area (TPSA) is 102 Å². The third-order valence-corrected chi connectivity index (χ3v) is 4.44. The number of nitrogens with zero attached hydrogens (tertiary/aromatic N) is 5. The fourth-order valence-electron chi connectivity index (χ4n) is 2.95. The van der Waals surface area contributed by atoms with Crippen molar-refractivity contribution in [2.45, 2.75) is 64.8 Å². The number of fused-ring (bicyclic) bond motifs is 1. The Bertz CT molecular complexity index is 788. The van der Waals surface area contributed by atoms with Crippen molar-refractivity contribution in [3.63, 3.8) is 0 Å². The van der Waals surface area contributed by atoms with E-state index in [-0.39, 0.29) is 11.5 Å². The molecule has 27 heavy (non-hydrogen) atoms. The number of aliphatic imine (C=N–C) groups is 1. The maximum Gasteiger partial charge on any atom is 0.213 e.